The molecule has 0 saturated heterocycles. The normalized spacial score (nSPS) is 12.4. The predicted octanol–water partition coefficient (Wildman–Crippen LogP) is 4.23. The van der Waals surface area contributed by atoms with E-state index in [1.165, 1.54) is 23.1 Å². The zero-order valence-electron chi connectivity index (χ0n) is 15.9. The maximum atomic E-state index is 14.2. The Balaban J connectivity index is 1.81. The van der Waals surface area contributed by atoms with Crippen LogP contribution in [0.25, 0.3) is 10.3 Å². The van der Waals surface area contributed by atoms with Gasteiger partial charge in [-0.1, -0.05) is 54.6 Å². The van der Waals surface area contributed by atoms with E-state index in [0.29, 0.717) is 45.2 Å². The third-order valence-electron chi connectivity index (χ3n) is 4.39. The van der Waals surface area contributed by atoms with Crippen molar-refractivity contribution in [2.24, 2.45) is 5.92 Å². The summed E-state index contributed by atoms with van der Waals surface area (Å²) in [4.78, 5) is 13.3. The largest absolute Gasteiger partial charge is 0.396 e. The molecule has 6 nitrogen and oxygen atoms in total. The van der Waals surface area contributed by atoms with Crippen LogP contribution in [0, 0.1) is 18.7 Å². The van der Waals surface area contributed by atoms with Crippen molar-refractivity contribution in [2.75, 3.05) is 24.2 Å². The summed E-state index contributed by atoms with van der Waals surface area (Å²) in [6, 6.07) is 5.36. The van der Waals surface area contributed by atoms with E-state index in [1.807, 2.05) is 6.07 Å². The van der Waals surface area contributed by atoms with Crippen molar-refractivity contribution in [2.45, 2.75) is 37.6 Å². The number of rotatable bonds is 9. The molecule has 0 fully saturated rings. The molecule has 0 spiro atoms. The zero-order chi connectivity index (χ0) is 20.1. The Kier molecular flexibility index (Phi) is 7.03. The molecule has 28 heavy (non-hydrogen) atoms. The van der Waals surface area contributed by atoms with Gasteiger partial charge in [0, 0.05) is 18.9 Å². The van der Waals surface area contributed by atoms with Crippen LogP contribution in [0.1, 0.15) is 30.9 Å². The van der Waals surface area contributed by atoms with Crippen LogP contribution in [-0.2, 0) is 5.75 Å². The number of aromatic nitrogens is 3. The van der Waals surface area contributed by atoms with Crippen molar-refractivity contribution in [3.05, 3.63) is 35.1 Å². The fourth-order valence-electron chi connectivity index (χ4n) is 2.87. The zero-order valence-corrected chi connectivity index (χ0v) is 17.5. The first kappa shape index (κ1) is 20.8. The number of benzene rings is 1. The Bertz CT molecular complexity index is 949. The molecule has 0 aliphatic carbocycles. The van der Waals surface area contributed by atoms with Crippen molar-refractivity contribution in [3.63, 3.8) is 0 Å². The lowest BCUT2D eigenvalue weighted by Crippen LogP contribution is -2.18. The lowest BCUT2D eigenvalue weighted by atomic mass is 10.1. The molecule has 0 unspecified atom stereocenters. The number of nitrogen functional groups attached to an aromatic ring is 1. The minimum Gasteiger partial charge on any atom is -0.396 e. The lowest BCUT2D eigenvalue weighted by Gasteiger charge is -2.15. The minimum atomic E-state index is -0.197. The highest BCUT2D eigenvalue weighted by atomic mass is 32.2. The summed E-state index contributed by atoms with van der Waals surface area (Å²) in [6.45, 7) is 4.56. The molecular formula is C19H24FN5OS2. The van der Waals surface area contributed by atoms with Gasteiger partial charge in [-0.2, -0.15) is 0 Å². The number of halogens is 1. The average molecular weight is 422 g/mol. The summed E-state index contributed by atoms with van der Waals surface area (Å²) in [5.41, 5.74) is 7.62. The first-order chi connectivity index (χ1) is 13.5. The number of anilines is 2. The fraction of sp³-hybridized carbons (Fsp3) is 0.421. The number of nitrogens with two attached hydrogens (primary N) is 1. The van der Waals surface area contributed by atoms with Crippen LogP contribution in [0.2, 0.25) is 0 Å². The highest BCUT2D eigenvalue weighted by Crippen LogP contribution is 2.32. The van der Waals surface area contributed by atoms with Gasteiger partial charge in [0.2, 0.25) is 0 Å². The average Bonchev–Trinajstić information content (AvgIpc) is 3.06. The van der Waals surface area contributed by atoms with Gasteiger partial charge in [0.25, 0.3) is 0 Å². The van der Waals surface area contributed by atoms with Crippen molar-refractivity contribution in [1.82, 2.24) is 15.0 Å². The molecule has 0 saturated carbocycles. The molecule has 0 radical (unpaired) electrons. The standard InChI is InChI=1S/C19H24FN5OS2/c1-3-5-12(9-26)8-22-16-15-17(23-18(21)28-15)25-19(24-16)27-10-13-7-4-6-11(2)14(13)20/h4,6-7,12,26H,3,5,8-10H2,1-2H3,(H3,21,22,23,24,25)/t12-/m1/s1. The van der Waals surface area contributed by atoms with Crippen molar-refractivity contribution < 1.29 is 9.50 Å². The van der Waals surface area contributed by atoms with Crippen LogP contribution in [0.15, 0.2) is 23.4 Å². The number of hydrogen-bond donors (Lipinski definition) is 3. The van der Waals surface area contributed by atoms with Gasteiger partial charge >= 0.3 is 0 Å². The number of aliphatic hydroxyl groups excluding tert-OH is 1. The Hall–Kier alpha value is -1.97. The van der Waals surface area contributed by atoms with Crippen LogP contribution < -0.4 is 11.1 Å². The summed E-state index contributed by atoms with van der Waals surface area (Å²) in [6.07, 6.45) is 1.93. The Morgan fingerprint density at radius 1 is 1.32 bits per heavy atom. The van der Waals surface area contributed by atoms with E-state index in [-0.39, 0.29) is 18.3 Å². The second kappa shape index (κ2) is 9.49. The molecule has 3 aromatic rings. The fourth-order valence-corrected chi connectivity index (χ4v) is 4.43. The van der Waals surface area contributed by atoms with Crippen molar-refractivity contribution in [1.29, 1.82) is 0 Å². The van der Waals surface area contributed by atoms with Gasteiger partial charge in [0.05, 0.1) is 0 Å². The van der Waals surface area contributed by atoms with E-state index in [0.717, 1.165) is 17.5 Å². The van der Waals surface area contributed by atoms with Crippen LogP contribution in [0.4, 0.5) is 15.3 Å². The molecule has 0 aliphatic rings. The number of thioether (sulfide) groups is 1. The molecule has 1 aromatic carbocycles. The molecule has 150 valence electrons. The molecule has 0 amide bonds. The van der Waals surface area contributed by atoms with Gasteiger partial charge in [-0.3, -0.25) is 0 Å². The topological polar surface area (TPSA) is 97.0 Å². The van der Waals surface area contributed by atoms with Gasteiger partial charge in [0.1, 0.15) is 10.5 Å². The molecule has 1 atom stereocenters. The lowest BCUT2D eigenvalue weighted by molar-refractivity contribution is 0.225. The van der Waals surface area contributed by atoms with E-state index in [2.05, 4.69) is 27.2 Å². The maximum Gasteiger partial charge on any atom is 0.191 e. The van der Waals surface area contributed by atoms with Crippen molar-refractivity contribution in [3.8, 4) is 0 Å². The highest BCUT2D eigenvalue weighted by Gasteiger charge is 2.15. The maximum absolute atomic E-state index is 14.2. The molecule has 4 N–H and O–H groups in total. The summed E-state index contributed by atoms with van der Waals surface area (Å²) in [5, 5.41) is 13.8. The Morgan fingerprint density at radius 2 is 2.14 bits per heavy atom. The summed E-state index contributed by atoms with van der Waals surface area (Å²) in [5.74, 6) is 1.03. The second-order valence-electron chi connectivity index (χ2n) is 6.61. The van der Waals surface area contributed by atoms with Gasteiger partial charge in [0.15, 0.2) is 21.8 Å². The van der Waals surface area contributed by atoms with E-state index in [1.54, 1.807) is 19.1 Å². The minimum absolute atomic E-state index is 0.119. The summed E-state index contributed by atoms with van der Waals surface area (Å²) >= 11 is 2.68. The number of nitrogens with zero attached hydrogens (tertiary/aromatic N) is 3. The summed E-state index contributed by atoms with van der Waals surface area (Å²) < 4.78 is 15.0. The smallest absolute Gasteiger partial charge is 0.191 e. The van der Waals surface area contributed by atoms with Gasteiger partial charge in [-0.05, 0) is 30.4 Å². The first-order valence-electron chi connectivity index (χ1n) is 9.17. The molecule has 2 aromatic heterocycles. The van der Waals surface area contributed by atoms with Gasteiger partial charge in [-0.15, -0.1) is 0 Å². The molecule has 2 heterocycles. The molecule has 3 rings (SSSR count). The summed E-state index contributed by atoms with van der Waals surface area (Å²) in [7, 11) is 0. The molecular weight excluding hydrogens is 397 g/mol. The SMILES string of the molecule is CCC[C@@H](CO)CNc1nc(SCc2cccc(C)c2F)nc2nc(N)sc12. The van der Waals surface area contributed by atoms with Crippen LogP contribution in [0.3, 0.4) is 0 Å². The third kappa shape index (κ3) is 4.89. The number of aryl methyl sites for hydroxylation is 1. The van der Waals surface area contributed by atoms with E-state index >= 15 is 0 Å². The van der Waals surface area contributed by atoms with Crippen molar-refractivity contribution >= 4 is 44.4 Å². The molecule has 9 heteroatoms. The van der Waals surface area contributed by atoms with Crippen LogP contribution in [0.5, 0.6) is 0 Å². The Labute approximate surface area is 171 Å². The molecule has 0 bridgehead atoms. The number of hydrogen-bond acceptors (Lipinski definition) is 8. The van der Waals surface area contributed by atoms with Gasteiger partial charge in [-0.25, -0.2) is 19.3 Å². The quantitative estimate of drug-likeness (QED) is 0.351. The number of nitrogens with one attached hydrogen (secondary N) is 1. The van der Waals surface area contributed by atoms with E-state index in [9.17, 15) is 9.50 Å². The first-order valence-corrected chi connectivity index (χ1v) is 11.0. The predicted molar refractivity (Wildman–Crippen MR) is 114 cm³/mol. The monoisotopic (exact) mass is 421 g/mol. The highest BCUT2D eigenvalue weighted by molar-refractivity contribution is 7.98. The van der Waals surface area contributed by atoms with E-state index in [4.69, 9.17) is 5.73 Å². The number of thiazole rings is 1. The van der Waals surface area contributed by atoms with Gasteiger partial charge < -0.3 is 16.2 Å². The van der Waals surface area contributed by atoms with Crippen LogP contribution >= 0.6 is 23.1 Å². The second-order valence-corrected chi connectivity index (χ2v) is 8.59. The number of fused-ring (bicyclic) bond motifs is 1. The third-order valence-corrected chi connectivity index (χ3v) is 6.17. The molecule has 0 aliphatic heterocycles. The Morgan fingerprint density at radius 3 is 2.89 bits per heavy atom. The number of aliphatic hydroxyl groups is 1. The van der Waals surface area contributed by atoms with E-state index < -0.39 is 0 Å². The van der Waals surface area contributed by atoms with Crippen LogP contribution in [-0.4, -0.2) is 33.2 Å².